The lowest BCUT2D eigenvalue weighted by Gasteiger charge is -2.21. The number of sulfonamides is 1. The van der Waals surface area contributed by atoms with Gasteiger partial charge in [-0.15, -0.1) is 0 Å². The lowest BCUT2D eigenvalue weighted by molar-refractivity contribution is -0.136. The summed E-state index contributed by atoms with van der Waals surface area (Å²) in [6.07, 6.45) is -2.49. The van der Waals surface area contributed by atoms with Gasteiger partial charge >= 0.3 is 6.18 Å². The molecular weight excluding hydrogens is 273 g/mol. The SMILES string of the molecule is Cn1cc(S(=O)(=O)N(CCN)CC(F)(F)F)cn1. The molecule has 0 bridgehead atoms. The molecule has 18 heavy (non-hydrogen) atoms. The predicted molar refractivity (Wildman–Crippen MR) is 57.1 cm³/mol. The summed E-state index contributed by atoms with van der Waals surface area (Å²) >= 11 is 0. The van der Waals surface area contributed by atoms with Gasteiger partial charge in [-0.2, -0.15) is 22.6 Å². The van der Waals surface area contributed by atoms with E-state index >= 15 is 0 Å². The first-order valence-corrected chi connectivity index (χ1v) is 6.36. The maximum atomic E-state index is 12.3. The third-order valence-electron chi connectivity index (χ3n) is 2.05. The molecule has 0 spiro atoms. The molecule has 1 heterocycles. The number of aryl methyl sites for hydroxylation is 1. The Hall–Kier alpha value is -1.13. The zero-order chi connectivity index (χ0) is 14.0. The molecule has 10 heteroatoms. The summed E-state index contributed by atoms with van der Waals surface area (Å²) in [4.78, 5) is -0.289. The van der Waals surface area contributed by atoms with Crippen LogP contribution in [-0.4, -0.2) is 48.3 Å². The topological polar surface area (TPSA) is 81.2 Å². The molecule has 0 aliphatic carbocycles. The van der Waals surface area contributed by atoms with Crippen molar-refractivity contribution in [1.29, 1.82) is 0 Å². The molecule has 0 aliphatic rings. The molecule has 0 unspecified atom stereocenters. The number of rotatable bonds is 5. The van der Waals surface area contributed by atoms with Crippen LogP contribution in [0.15, 0.2) is 17.3 Å². The van der Waals surface area contributed by atoms with Crippen LogP contribution in [-0.2, 0) is 17.1 Å². The van der Waals surface area contributed by atoms with E-state index in [0.29, 0.717) is 4.31 Å². The first kappa shape index (κ1) is 14.9. The van der Waals surface area contributed by atoms with Crippen molar-refractivity contribution in [3.8, 4) is 0 Å². The Balaban J connectivity index is 3.04. The number of nitrogens with zero attached hydrogens (tertiary/aromatic N) is 3. The Labute approximate surface area is 102 Å². The Bertz CT molecular complexity index is 497. The van der Waals surface area contributed by atoms with Gasteiger partial charge in [-0.1, -0.05) is 0 Å². The Morgan fingerprint density at radius 2 is 2.11 bits per heavy atom. The van der Waals surface area contributed by atoms with Gasteiger partial charge in [0.05, 0.1) is 6.20 Å². The predicted octanol–water partition coefficient (Wildman–Crippen LogP) is -0.0682. The minimum Gasteiger partial charge on any atom is -0.329 e. The molecule has 0 fully saturated rings. The summed E-state index contributed by atoms with van der Waals surface area (Å²) in [5.74, 6) is 0. The Morgan fingerprint density at radius 3 is 2.50 bits per heavy atom. The number of alkyl halides is 3. The highest BCUT2D eigenvalue weighted by Gasteiger charge is 2.37. The molecule has 0 amide bonds. The van der Waals surface area contributed by atoms with Crippen LogP contribution < -0.4 is 5.73 Å². The van der Waals surface area contributed by atoms with E-state index in [1.807, 2.05) is 0 Å². The van der Waals surface area contributed by atoms with Gasteiger partial charge in [-0.05, 0) is 0 Å². The van der Waals surface area contributed by atoms with E-state index in [0.717, 1.165) is 12.4 Å². The Kier molecular flexibility index (Phi) is 4.35. The van der Waals surface area contributed by atoms with Gasteiger partial charge in [0, 0.05) is 26.3 Å². The van der Waals surface area contributed by atoms with Crippen LogP contribution in [0.2, 0.25) is 0 Å². The van der Waals surface area contributed by atoms with Crippen molar-refractivity contribution in [1.82, 2.24) is 14.1 Å². The number of hydrogen-bond acceptors (Lipinski definition) is 4. The van der Waals surface area contributed by atoms with Crippen molar-refractivity contribution >= 4 is 10.0 Å². The molecule has 1 aromatic rings. The first-order valence-electron chi connectivity index (χ1n) is 4.92. The third-order valence-corrected chi connectivity index (χ3v) is 3.85. The third kappa shape index (κ3) is 3.68. The van der Waals surface area contributed by atoms with Crippen LogP contribution in [0.4, 0.5) is 13.2 Å². The van der Waals surface area contributed by atoms with Crippen LogP contribution >= 0.6 is 0 Å². The average Bonchev–Trinajstić information content (AvgIpc) is 2.63. The standard InChI is InChI=1S/C8H13F3N4O2S/c1-14-5-7(4-13-14)18(16,17)15(3-2-12)6-8(9,10)11/h4-5H,2-3,6,12H2,1H3. The molecule has 2 N–H and O–H groups in total. The van der Waals surface area contributed by atoms with Gasteiger partial charge in [0.1, 0.15) is 11.4 Å². The molecule has 1 aromatic heterocycles. The lowest BCUT2D eigenvalue weighted by Crippen LogP contribution is -2.41. The van der Waals surface area contributed by atoms with Gasteiger partial charge in [0.25, 0.3) is 0 Å². The molecular formula is C8H13F3N4O2S. The average molecular weight is 286 g/mol. The largest absolute Gasteiger partial charge is 0.402 e. The molecule has 0 saturated carbocycles. The van der Waals surface area contributed by atoms with Crippen molar-refractivity contribution < 1.29 is 21.6 Å². The fourth-order valence-electron chi connectivity index (χ4n) is 1.31. The van der Waals surface area contributed by atoms with Crippen molar-refractivity contribution in [2.75, 3.05) is 19.6 Å². The fourth-order valence-corrected chi connectivity index (χ4v) is 2.74. The van der Waals surface area contributed by atoms with Crippen LogP contribution in [0.1, 0.15) is 0 Å². The molecule has 0 aromatic carbocycles. The van der Waals surface area contributed by atoms with Crippen molar-refractivity contribution in [3.05, 3.63) is 12.4 Å². The highest BCUT2D eigenvalue weighted by molar-refractivity contribution is 7.89. The van der Waals surface area contributed by atoms with Crippen LogP contribution in [0.3, 0.4) is 0 Å². The van der Waals surface area contributed by atoms with E-state index in [-0.39, 0.29) is 11.4 Å². The number of halogens is 3. The number of hydrogen-bond donors (Lipinski definition) is 1. The highest BCUT2D eigenvalue weighted by Crippen LogP contribution is 2.21. The van der Waals surface area contributed by atoms with E-state index in [1.54, 1.807) is 0 Å². The molecule has 0 aliphatic heterocycles. The van der Waals surface area contributed by atoms with Crippen LogP contribution in [0.25, 0.3) is 0 Å². The molecule has 0 radical (unpaired) electrons. The smallest absolute Gasteiger partial charge is 0.329 e. The summed E-state index contributed by atoms with van der Waals surface area (Å²) in [5, 5.41) is 3.62. The second-order valence-electron chi connectivity index (χ2n) is 3.59. The van der Waals surface area contributed by atoms with Crippen LogP contribution in [0, 0.1) is 0 Å². The second-order valence-corrected chi connectivity index (χ2v) is 5.53. The van der Waals surface area contributed by atoms with Gasteiger partial charge in [-0.25, -0.2) is 8.42 Å². The highest BCUT2D eigenvalue weighted by atomic mass is 32.2. The van der Waals surface area contributed by atoms with Crippen LogP contribution in [0.5, 0.6) is 0 Å². The number of aromatic nitrogens is 2. The van der Waals surface area contributed by atoms with Gasteiger partial charge in [0.2, 0.25) is 10.0 Å². The summed E-state index contributed by atoms with van der Waals surface area (Å²) in [5.41, 5.74) is 5.13. The molecule has 1 rings (SSSR count). The van der Waals surface area contributed by atoms with Gasteiger partial charge < -0.3 is 5.73 Å². The summed E-state index contributed by atoms with van der Waals surface area (Å²) in [6, 6.07) is 0. The van der Waals surface area contributed by atoms with E-state index in [1.165, 1.54) is 11.7 Å². The molecule has 104 valence electrons. The maximum absolute atomic E-state index is 12.3. The normalized spacial score (nSPS) is 13.2. The summed E-state index contributed by atoms with van der Waals surface area (Å²) in [6.45, 7) is -2.17. The second kappa shape index (κ2) is 5.24. The molecule has 6 nitrogen and oxygen atoms in total. The zero-order valence-electron chi connectivity index (χ0n) is 9.55. The van der Waals surface area contributed by atoms with Gasteiger partial charge in [0.15, 0.2) is 0 Å². The zero-order valence-corrected chi connectivity index (χ0v) is 10.4. The van der Waals surface area contributed by atoms with E-state index in [4.69, 9.17) is 5.73 Å². The molecule has 0 atom stereocenters. The fraction of sp³-hybridized carbons (Fsp3) is 0.625. The lowest BCUT2D eigenvalue weighted by atomic mass is 10.5. The van der Waals surface area contributed by atoms with Crippen molar-refractivity contribution in [2.45, 2.75) is 11.1 Å². The minimum absolute atomic E-state index is 0.199. The summed E-state index contributed by atoms with van der Waals surface area (Å²) in [7, 11) is -2.76. The minimum atomic E-state index is -4.62. The van der Waals surface area contributed by atoms with E-state index in [2.05, 4.69) is 5.10 Å². The van der Waals surface area contributed by atoms with E-state index < -0.39 is 29.3 Å². The van der Waals surface area contributed by atoms with Gasteiger partial charge in [-0.3, -0.25) is 4.68 Å². The van der Waals surface area contributed by atoms with Crippen molar-refractivity contribution in [2.24, 2.45) is 12.8 Å². The van der Waals surface area contributed by atoms with E-state index in [9.17, 15) is 21.6 Å². The number of nitrogens with two attached hydrogens (primary N) is 1. The first-order chi connectivity index (χ1) is 8.16. The van der Waals surface area contributed by atoms with Crippen molar-refractivity contribution in [3.63, 3.8) is 0 Å². The molecule has 0 saturated heterocycles. The monoisotopic (exact) mass is 286 g/mol. The quantitative estimate of drug-likeness (QED) is 0.821. The summed E-state index contributed by atoms with van der Waals surface area (Å²) < 4.78 is 62.3. The Morgan fingerprint density at radius 1 is 1.50 bits per heavy atom. The maximum Gasteiger partial charge on any atom is 0.402 e.